The molecule has 2 aromatic carbocycles. The molecule has 1 aliphatic heterocycles. The third-order valence-electron chi connectivity index (χ3n) is 5.48. The van der Waals surface area contributed by atoms with Crippen LogP contribution in [0.25, 0.3) is 22.1 Å². The molecule has 30 heavy (non-hydrogen) atoms. The van der Waals surface area contributed by atoms with Crippen LogP contribution in [0, 0.1) is 0 Å². The van der Waals surface area contributed by atoms with Crippen LogP contribution in [0.2, 0.25) is 5.02 Å². The Kier molecular flexibility index (Phi) is 3.93. The third-order valence-corrected chi connectivity index (χ3v) is 5.70. The van der Waals surface area contributed by atoms with Crippen LogP contribution >= 0.6 is 11.6 Å². The van der Waals surface area contributed by atoms with E-state index in [1.165, 1.54) is 12.1 Å². The monoisotopic (exact) mass is 429 g/mol. The second-order valence-corrected chi connectivity index (χ2v) is 7.83. The first-order chi connectivity index (χ1) is 16.2. The Bertz CT molecular complexity index is 1490. The van der Waals surface area contributed by atoms with Crippen molar-refractivity contribution >= 4 is 33.7 Å². The van der Waals surface area contributed by atoms with E-state index in [0.29, 0.717) is 36.6 Å². The molecule has 0 saturated carbocycles. The topological polar surface area (TPSA) is 78.8 Å². The Morgan fingerprint density at radius 2 is 1.97 bits per heavy atom. The van der Waals surface area contributed by atoms with E-state index in [1.54, 1.807) is 4.57 Å². The number of aromatic nitrogens is 4. The summed E-state index contributed by atoms with van der Waals surface area (Å²) < 4.78 is 37.4. The van der Waals surface area contributed by atoms with E-state index in [1.807, 2.05) is 29.2 Å². The van der Waals surface area contributed by atoms with E-state index in [9.17, 15) is 9.59 Å². The smallest absolute Gasteiger partial charge is 0.306 e. The van der Waals surface area contributed by atoms with Gasteiger partial charge in [0.15, 0.2) is 0 Å². The fraction of sp³-hybridized carbons (Fsp3) is 0.364. The maximum Gasteiger partial charge on any atom is 0.326 e. The summed E-state index contributed by atoms with van der Waals surface area (Å²) in [5.74, 6) is 0. The van der Waals surface area contributed by atoms with Gasteiger partial charge in [-0.25, -0.2) is 9.59 Å². The molecule has 156 valence electrons. The van der Waals surface area contributed by atoms with Gasteiger partial charge in [-0.1, -0.05) is 23.7 Å². The first kappa shape index (κ1) is 15.1. The van der Waals surface area contributed by atoms with Gasteiger partial charge in [0.25, 0.3) is 0 Å². The first-order valence-electron chi connectivity index (χ1n) is 12.0. The Morgan fingerprint density at radius 3 is 2.87 bits per heavy atom. The maximum absolute atomic E-state index is 12.8. The molecule has 1 saturated heterocycles. The van der Waals surface area contributed by atoms with Crippen molar-refractivity contribution in [3.63, 3.8) is 0 Å². The van der Waals surface area contributed by atoms with Crippen LogP contribution in [0.5, 0.6) is 0 Å². The number of rotatable bonds is 5. The number of imidazole rings is 2. The number of benzene rings is 2. The van der Waals surface area contributed by atoms with E-state index >= 15 is 0 Å². The van der Waals surface area contributed by atoms with Crippen molar-refractivity contribution in [2.75, 3.05) is 19.6 Å². The van der Waals surface area contributed by atoms with Crippen LogP contribution in [-0.4, -0.2) is 43.6 Å². The fourth-order valence-corrected chi connectivity index (χ4v) is 4.19. The molecule has 0 bridgehead atoms. The number of H-pyrrole nitrogens is 2. The molecule has 2 N–H and O–H groups in total. The zero-order valence-corrected chi connectivity index (χ0v) is 16.9. The van der Waals surface area contributed by atoms with Crippen molar-refractivity contribution in [1.29, 1.82) is 0 Å². The van der Waals surface area contributed by atoms with Crippen LogP contribution in [0.3, 0.4) is 0 Å². The minimum atomic E-state index is -1.70. The molecule has 1 fully saturated rings. The number of nitrogens with zero attached hydrogens (tertiary/aromatic N) is 3. The summed E-state index contributed by atoms with van der Waals surface area (Å²) in [6.45, 7) is 0.249. The van der Waals surface area contributed by atoms with Gasteiger partial charge >= 0.3 is 11.4 Å². The van der Waals surface area contributed by atoms with Crippen LogP contribution in [0.4, 0.5) is 0 Å². The van der Waals surface area contributed by atoms with Gasteiger partial charge in [0.05, 0.1) is 24.8 Å². The highest BCUT2D eigenvalue weighted by Gasteiger charge is 2.23. The van der Waals surface area contributed by atoms with Crippen molar-refractivity contribution < 1.29 is 5.48 Å². The molecule has 7 nitrogen and oxygen atoms in total. The lowest BCUT2D eigenvalue weighted by Crippen LogP contribution is -2.37. The summed E-state index contributed by atoms with van der Waals surface area (Å²) >= 11 is 6.01. The summed E-state index contributed by atoms with van der Waals surface area (Å²) in [5.41, 5.74) is 1.39. The molecule has 3 unspecified atom stereocenters. The SMILES string of the molecule is [2H]c1cc(Cl)cc2[nH]c(=O)n(C3([2H])CCN(CCCn4c(=O)[nH]c5ccccc54)C([2H])C3[2H])c12. The molecule has 0 aliphatic carbocycles. The Hall–Kier alpha value is -2.77. The molecule has 0 spiro atoms. The summed E-state index contributed by atoms with van der Waals surface area (Å²) in [7, 11) is 0. The summed E-state index contributed by atoms with van der Waals surface area (Å²) in [6, 6.07) is 8.67. The molecule has 4 aromatic rings. The van der Waals surface area contributed by atoms with Crippen molar-refractivity contribution in [3.05, 3.63) is 68.4 Å². The van der Waals surface area contributed by atoms with Crippen LogP contribution in [0.1, 0.15) is 30.7 Å². The normalized spacial score (nSPS) is 27.1. The van der Waals surface area contributed by atoms with Gasteiger partial charge in [0.1, 0.15) is 0 Å². The minimum Gasteiger partial charge on any atom is -0.306 e. The lowest BCUT2D eigenvalue weighted by atomic mass is 10.0. The van der Waals surface area contributed by atoms with E-state index in [4.69, 9.17) is 17.1 Å². The minimum absolute atomic E-state index is 0.00666. The molecule has 5 rings (SSSR count). The van der Waals surface area contributed by atoms with Crippen molar-refractivity contribution in [2.24, 2.45) is 0 Å². The van der Waals surface area contributed by atoms with E-state index in [0.717, 1.165) is 15.6 Å². The number of aryl methyl sites for hydroxylation is 1. The summed E-state index contributed by atoms with van der Waals surface area (Å²) in [6.07, 6.45) is -0.501. The lowest BCUT2D eigenvalue weighted by molar-refractivity contribution is 0.183. The molecule has 3 atom stereocenters. The maximum atomic E-state index is 12.8. The average Bonchev–Trinajstić information content (AvgIpc) is 3.30. The highest BCUT2D eigenvalue weighted by atomic mass is 35.5. The number of likely N-dealkylation sites (tertiary alicyclic amines) is 1. The number of fused-ring (bicyclic) bond motifs is 2. The predicted octanol–water partition coefficient (Wildman–Crippen LogP) is 3.35. The number of hydrogen-bond acceptors (Lipinski definition) is 3. The van der Waals surface area contributed by atoms with Crippen LogP contribution in [0.15, 0.2) is 52.0 Å². The van der Waals surface area contributed by atoms with Crippen molar-refractivity contribution in [2.45, 2.75) is 31.8 Å². The van der Waals surface area contributed by atoms with E-state index in [2.05, 4.69) is 9.97 Å². The number of halogens is 1. The van der Waals surface area contributed by atoms with Gasteiger partial charge in [-0.05, 0) is 56.1 Å². The standard InChI is InChI=1S/C22H24ClN5O2/c23-15-6-7-20-18(14-15)25-22(30)28(20)16-8-12-26(13-9-16)10-3-11-27-19-5-2-1-4-17(19)24-21(27)29/h1-2,4-7,14,16H,3,8-13H2,(H,24,29)(H,25,30)/i7D,8D,12D,16D. The molecule has 0 radical (unpaired) electrons. The Morgan fingerprint density at radius 1 is 1.13 bits per heavy atom. The second-order valence-electron chi connectivity index (χ2n) is 7.39. The molecule has 0 amide bonds. The molecule has 3 heterocycles. The number of para-hydroxylation sites is 2. The first-order valence-corrected chi connectivity index (χ1v) is 10.3. The van der Waals surface area contributed by atoms with Gasteiger partial charge in [-0.15, -0.1) is 0 Å². The van der Waals surface area contributed by atoms with Crippen LogP contribution in [-0.2, 0) is 6.54 Å². The number of aromatic amines is 2. The molecular formula is C22H24ClN5O2. The summed E-state index contributed by atoms with van der Waals surface area (Å²) in [5, 5.41) is 0.301. The largest absolute Gasteiger partial charge is 0.326 e. The van der Waals surface area contributed by atoms with Crippen LogP contribution < -0.4 is 11.4 Å². The van der Waals surface area contributed by atoms with Gasteiger partial charge in [0.2, 0.25) is 0 Å². The van der Waals surface area contributed by atoms with Gasteiger partial charge in [-0.2, -0.15) is 0 Å². The van der Waals surface area contributed by atoms with E-state index < -0.39 is 24.6 Å². The number of hydrogen-bond donors (Lipinski definition) is 2. The van der Waals surface area contributed by atoms with E-state index in [-0.39, 0.29) is 23.7 Å². The number of piperidine rings is 1. The molecule has 8 heteroatoms. The Balaban J connectivity index is 1.35. The zero-order valence-electron chi connectivity index (χ0n) is 20.2. The predicted molar refractivity (Wildman–Crippen MR) is 119 cm³/mol. The molecule has 2 aromatic heterocycles. The van der Waals surface area contributed by atoms with Crippen molar-refractivity contribution in [1.82, 2.24) is 24.0 Å². The highest BCUT2D eigenvalue weighted by molar-refractivity contribution is 6.31. The molecule has 1 aliphatic rings. The Labute approximate surface area is 183 Å². The van der Waals surface area contributed by atoms with Crippen molar-refractivity contribution in [3.8, 4) is 0 Å². The molecular weight excluding hydrogens is 402 g/mol. The third kappa shape index (κ3) is 3.48. The van der Waals surface area contributed by atoms with Gasteiger partial charge in [-0.3, -0.25) is 9.13 Å². The highest BCUT2D eigenvalue weighted by Crippen LogP contribution is 2.26. The lowest BCUT2D eigenvalue weighted by Gasteiger charge is -2.32. The zero-order chi connectivity index (χ0) is 24.2. The quantitative estimate of drug-likeness (QED) is 0.510. The fourth-order valence-electron chi connectivity index (χ4n) is 4.03. The van der Waals surface area contributed by atoms with Gasteiger partial charge in [0, 0.05) is 33.4 Å². The number of nitrogens with one attached hydrogen (secondary N) is 2. The average molecular weight is 430 g/mol. The van der Waals surface area contributed by atoms with Gasteiger partial charge < -0.3 is 14.9 Å². The summed E-state index contributed by atoms with van der Waals surface area (Å²) in [4.78, 5) is 32.3. The second kappa shape index (κ2) is 7.81.